The molecule has 3 heteroatoms. The van der Waals surface area contributed by atoms with Gasteiger partial charge < -0.3 is 4.57 Å². The average Bonchev–Trinajstić information content (AvgIpc) is 3.30. The normalized spacial score (nSPS) is 11.1. The molecule has 0 spiro atoms. The van der Waals surface area contributed by atoms with Gasteiger partial charge in [-0.05, 0) is 51.2 Å². The van der Waals surface area contributed by atoms with E-state index in [0.29, 0.717) is 12.1 Å². The summed E-state index contributed by atoms with van der Waals surface area (Å²) in [7, 11) is 0. The van der Waals surface area contributed by atoms with E-state index in [0.717, 1.165) is 16.8 Å². The van der Waals surface area contributed by atoms with Gasteiger partial charge in [0.05, 0.1) is 29.9 Å². The van der Waals surface area contributed by atoms with Crippen molar-refractivity contribution in [1.82, 2.24) is 9.55 Å². The van der Waals surface area contributed by atoms with Crippen molar-refractivity contribution in [3.63, 3.8) is 0 Å². The van der Waals surface area contributed by atoms with Crippen molar-refractivity contribution in [2.24, 2.45) is 0 Å². The van der Waals surface area contributed by atoms with Crippen LogP contribution in [0.15, 0.2) is 104 Å². The van der Waals surface area contributed by atoms with Crippen molar-refractivity contribution in [1.29, 1.82) is 5.26 Å². The van der Waals surface area contributed by atoms with Gasteiger partial charge in [-0.1, -0.05) is 84.9 Å². The summed E-state index contributed by atoms with van der Waals surface area (Å²) in [6.07, 6.45) is 7.90. The molecule has 5 aromatic rings. The Balaban J connectivity index is 1.35. The molecule has 0 saturated heterocycles. The Morgan fingerprint density at radius 2 is 1.59 bits per heavy atom. The van der Waals surface area contributed by atoms with Gasteiger partial charge in [0, 0.05) is 6.54 Å². The second-order valence-corrected chi connectivity index (χ2v) is 7.74. The molecule has 1 heterocycles. The molecule has 0 unspecified atom stereocenters. The molecule has 0 bridgehead atoms. The largest absolute Gasteiger partial charge is 0.327 e. The molecule has 3 nitrogen and oxygen atoms in total. The maximum Gasteiger partial charge on any atom is 0.0991 e. The van der Waals surface area contributed by atoms with Crippen LogP contribution in [0.1, 0.15) is 22.4 Å². The third kappa shape index (κ3) is 4.08. The SMILES string of the molecule is N#Cc1ccc(Cn2cncc2C=Cc2ccc(-c3cccc4ccccc34)cc2)cc1. The Kier molecular flexibility index (Phi) is 5.34. The number of fused-ring (bicyclic) bond motifs is 1. The van der Waals surface area contributed by atoms with E-state index < -0.39 is 0 Å². The molecule has 4 aromatic carbocycles. The Labute approximate surface area is 187 Å². The molecule has 0 radical (unpaired) electrons. The summed E-state index contributed by atoms with van der Waals surface area (Å²) in [5.74, 6) is 0. The van der Waals surface area contributed by atoms with Gasteiger partial charge >= 0.3 is 0 Å². The summed E-state index contributed by atoms with van der Waals surface area (Å²) >= 11 is 0. The zero-order valence-corrected chi connectivity index (χ0v) is 17.5. The van der Waals surface area contributed by atoms with Crippen LogP contribution in [0.4, 0.5) is 0 Å². The lowest BCUT2D eigenvalue weighted by Gasteiger charge is -2.07. The van der Waals surface area contributed by atoms with E-state index in [-0.39, 0.29) is 0 Å². The van der Waals surface area contributed by atoms with Crippen molar-refractivity contribution in [2.75, 3.05) is 0 Å². The summed E-state index contributed by atoms with van der Waals surface area (Å²) < 4.78 is 2.10. The lowest BCUT2D eigenvalue weighted by atomic mass is 9.97. The van der Waals surface area contributed by atoms with Crippen LogP contribution in [0, 0.1) is 11.3 Å². The van der Waals surface area contributed by atoms with Gasteiger partial charge in [0.2, 0.25) is 0 Å². The molecule has 1 aromatic heterocycles. The molecule has 32 heavy (non-hydrogen) atoms. The van der Waals surface area contributed by atoms with Gasteiger partial charge in [0.25, 0.3) is 0 Å². The predicted molar refractivity (Wildman–Crippen MR) is 131 cm³/mol. The van der Waals surface area contributed by atoms with Crippen LogP contribution in [0.5, 0.6) is 0 Å². The van der Waals surface area contributed by atoms with Crippen LogP contribution in [0.25, 0.3) is 34.1 Å². The third-order valence-corrected chi connectivity index (χ3v) is 5.64. The van der Waals surface area contributed by atoms with Crippen LogP contribution < -0.4 is 0 Å². The van der Waals surface area contributed by atoms with Crippen LogP contribution in [0.2, 0.25) is 0 Å². The number of imidazole rings is 1. The predicted octanol–water partition coefficient (Wildman–Crippen LogP) is 6.79. The van der Waals surface area contributed by atoms with Gasteiger partial charge in [0.15, 0.2) is 0 Å². The Hall–Kier alpha value is -4.42. The molecular weight excluding hydrogens is 390 g/mol. The number of nitriles is 1. The summed E-state index contributed by atoms with van der Waals surface area (Å²) in [6.45, 7) is 0.714. The minimum Gasteiger partial charge on any atom is -0.327 e. The molecule has 5 rings (SSSR count). The number of hydrogen-bond acceptors (Lipinski definition) is 2. The highest BCUT2D eigenvalue weighted by Gasteiger charge is 2.04. The average molecular weight is 412 g/mol. The van der Waals surface area contributed by atoms with Gasteiger partial charge in [-0.15, -0.1) is 0 Å². The van der Waals surface area contributed by atoms with E-state index in [2.05, 4.69) is 94.5 Å². The van der Waals surface area contributed by atoms with Gasteiger partial charge in [-0.2, -0.15) is 5.26 Å². The quantitative estimate of drug-likeness (QED) is 0.319. The second kappa shape index (κ2) is 8.75. The monoisotopic (exact) mass is 411 g/mol. The first-order valence-electron chi connectivity index (χ1n) is 10.6. The van der Waals surface area contributed by atoms with Crippen LogP contribution in [0.3, 0.4) is 0 Å². The number of rotatable bonds is 5. The van der Waals surface area contributed by atoms with Gasteiger partial charge in [-0.25, -0.2) is 4.98 Å². The summed E-state index contributed by atoms with van der Waals surface area (Å²) in [5, 5.41) is 11.5. The Morgan fingerprint density at radius 1 is 0.812 bits per heavy atom. The lowest BCUT2D eigenvalue weighted by Crippen LogP contribution is -2.00. The van der Waals surface area contributed by atoms with Gasteiger partial charge in [0.1, 0.15) is 0 Å². The summed E-state index contributed by atoms with van der Waals surface area (Å²) in [5.41, 5.74) is 6.44. The molecule has 0 atom stereocenters. The van der Waals surface area contributed by atoms with E-state index in [1.165, 1.54) is 21.9 Å². The maximum atomic E-state index is 8.96. The first-order valence-corrected chi connectivity index (χ1v) is 10.6. The standard InChI is InChI=1S/C29H21N3/c30-18-23-8-10-24(11-9-23)20-32-21-31-19-27(32)17-14-22-12-15-26(16-13-22)29-7-3-5-25-4-1-2-6-28(25)29/h1-17,19,21H,20H2. The molecule has 0 saturated carbocycles. The zero-order valence-electron chi connectivity index (χ0n) is 17.5. The number of nitrogens with zero attached hydrogens (tertiary/aromatic N) is 3. The highest BCUT2D eigenvalue weighted by molar-refractivity contribution is 5.96. The molecular formula is C29H21N3. The first kappa shape index (κ1) is 19.5. The first-order chi connectivity index (χ1) is 15.8. The fraction of sp³-hybridized carbons (Fsp3) is 0.0345. The van der Waals surface area contributed by atoms with Crippen LogP contribution >= 0.6 is 0 Å². The van der Waals surface area contributed by atoms with E-state index in [4.69, 9.17) is 5.26 Å². The maximum absolute atomic E-state index is 8.96. The molecule has 0 aliphatic carbocycles. The molecule has 0 fully saturated rings. The summed E-state index contributed by atoms with van der Waals surface area (Å²) in [6, 6.07) is 33.4. The van der Waals surface area contributed by atoms with Gasteiger partial charge in [-0.3, -0.25) is 0 Å². The Bertz CT molecular complexity index is 1430. The van der Waals surface area contributed by atoms with Crippen molar-refractivity contribution in [3.8, 4) is 17.2 Å². The molecule has 152 valence electrons. The number of benzene rings is 4. The lowest BCUT2D eigenvalue weighted by molar-refractivity contribution is 0.790. The Morgan fingerprint density at radius 3 is 2.41 bits per heavy atom. The highest BCUT2D eigenvalue weighted by atomic mass is 15.0. The van der Waals surface area contributed by atoms with Crippen molar-refractivity contribution < 1.29 is 0 Å². The fourth-order valence-corrected chi connectivity index (χ4v) is 3.92. The molecule has 0 N–H and O–H groups in total. The minimum absolute atomic E-state index is 0.673. The highest BCUT2D eigenvalue weighted by Crippen LogP contribution is 2.28. The second-order valence-electron chi connectivity index (χ2n) is 7.74. The smallest absolute Gasteiger partial charge is 0.0991 e. The molecule has 0 aliphatic rings. The van der Waals surface area contributed by atoms with Crippen molar-refractivity contribution in [2.45, 2.75) is 6.54 Å². The zero-order chi connectivity index (χ0) is 21.8. The van der Waals surface area contributed by atoms with Crippen LogP contribution in [-0.2, 0) is 6.54 Å². The topological polar surface area (TPSA) is 41.6 Å². The number of aromatic nitrogens is 2. The fourth-order valence-electron chi connectivity index (χ4n) is 3.92. The van der Waals surface area contributed by atoms with E-state index in [9.17, 15) is 0 Å². The van der Waals surface area contributed by atoms with E-state index in [1.807, 2.05) is 36.8 Å². The van der Waals surface area contributed by atoms with E-state index in [1.54, 1.807) is 0 Å². The molecule has 0 aliphatic heterocycles. The van der Waals surface area contributed by atoms with Crippen LogP contribution in [-0.4, -0.2) is 9.55 Å². The van der Waals surface area contributed by atoms with E-state index >= 15 is 0 Å². The van der Waals surface area contributed by atoms with Crippen molar-refractivity contribution in [3.05, 3.63) is 126 Å². The van der Waals surface area contributed by atoms with Crippen molar-refractivity contribution >= 4 is 22.9 Å². The molecule has 0 amide bonds. The summed E-state index contributed by atoms with van der Waals surface area (Å²) in [4.78, 5) is 4.31. The minimum atomic E-state index is 0.673. The number of hydrogen-bond donors (Lipinski definition) is 0. The third-order valence-electron chi connectivity index (χ3n) is 5.64.